The summed E-state index contributed by atoms with van der Waals surface area (Å²) >= 11 is 0. The molecule has 0 amide bonds. The van der Waals surface area contributed by atoms with E-state index in [1.54, 1.807) is 0 Å². The monoisotopic (exact) mass is 407 g/mol. The zero-order valence-electron chi connectivity index (χ0n) is 17.7. The van der Waals surface area contributed by atoms with Gasteiger partial charge in [-0.1, -0.05) is 127 Å². The van der Waals surface area contributed by atoms with Gasteiger partial charge < -0.3 is 4.81 Å². The molecular formula is C30H22BN. The summed E-state index contributed by atoms with van der Waals surface area (Å²) in [5, 5.41) is 0. The van der Waals surface area contributed by atoms with Gasteiger partial charge in [-0.25, -0.2) is 0 Å². The Balaban J connectivity index is 1.72. The number of para-hydroxylation sites is 2. The lowest BCUT2D eigenvalue weighted by atomic mass is 9.45. The van der Waals surface area contributed by atoms with Crippen LogP contribution in [0.5, 0.6) is 0 Å². The Bertz CT molecular complexity index is 1350. The average Bonchev–Trinajstić information content (AvgIpc) is 2.89. The molecule has 0 saturated heterocycles. The van der Waals surface area contributed by atoms with E-state index in [1.807, 2.05) is 0 Å². The number of benzene rings is 5. The van der Waals surface area contributed by atoms with Gasteiger partial charge in [-0.05, 0) is 28.7 Å². The van der Waals surface area contributed by atoms with Crippen molar-refractivity contribution >= 4 is 29.1 Å². The highest BCUT2D eigenvalue weighted by atomic mass is 15.1. The fourth-order valence-electron chi connectivity index (χ4n) is 4.95. The van der Waals surface area contributed by atoms with Gasteiger partial charge in [0.1, 0.15) is 0 Å². The number of hydrogen-bond donors (Lipinski definition) is 0. The Morgan fingerprint density at radius 2 is 1.00 bits per heavy atom. The van der Waals surface area contributed by atoms with Crippen LogP contribution in [0.3, 0.4) is 0 Å². The van der Waals surface area contributed by atoms with Crippen molar-refractivity contribution in [3.63, 3.8) is 0 Å². The molecule has 1 aliphatic heterocycles. The van der Waals surface area contributed by atoms with E-state index < -0.39 is 0 Å². The summed E-state index contributed by atoms with van der Waals surface area (Å²) in [5.41, 5.74) is 10.1. The van der Waals surface area contributed by atoms with Gasteiger partial charge in [0.25, 0.3) is 0 Å². The van der Waals surface area contributed by atoms with Crippen molar-refractivity contribution in [2.24, 2.45) is 0 Å². The first-order valence-corrected chi connectivity index (χ1v) is 11.1. The van der Waals surface area contributed by atoms with E-state index in [2.05, 4.69) is 138 Å². The summed E-state index contributed by atoms with van der Waals surface area (Å²) in [6.45, 7) is 0.0900. The van der Waals surface area contributed by atoms with Crippen LogP contribution in [0.1, 0.15) is 0 Å². The largest absolute Gasteiger partial charge is 0.376 e. The Morgan fingerprint density at radius 3 is 1.75 bits per heavy atom. The van der Waals surface area contributed by atoms with Crippen molar-refractivity contribution in [3.8, 4) is 22.3 Å². The van der Waals surface area contributed by atoms with Crippen LogP contribution in [-0.2, 0) is 0 Å². The van der Waals surface area contributed by atoms with Gasteiger partial charge in [-0.2, -0.15) is 0 Å². The minimum atomic E-state index is 0.0900. The summed E-state index contributed by atoms with van der Waals surface area (Å²) in [4.78, 5) is 2.52. The molecule has 0 spiro atoms. The number of anilines is 2. The topological polar surface area (TPSA) is 3.24 Å². The standard InChI is InChI=1S/C30H22BN/c1-4-13-23(14-5-1)26-20-12-21-28-27-19-10-11-22-29(27)31(24-15-6-2-7-16-24)32(30(26)28)25-17-8-3-9-18-25/h1-22H. The second-order valence-corrected chi connectivity index (χ2v) is 8.17. The Kier molecular flexibility index (Phi) is 4.62. The Labute approximate surface area is 189 Å². The first-order valence-electron chi connectivity index (χ1n) is 11.1. The van der Waals surface area contributed by atoms with Crippen LogP contribution in [-0.4, -0.2) is 6.85 Å². The van der Waals surface area contributed by atoms with E-state index in [1.165, 1.54) is 44.6 Å². The van der Waals surface area contributed by atoms with E-state index in [-0.39, 0.29) is 6.85 Å². The van der Waals surface area contributed by atoms with Crippen LogP contribution in [0.25, 0.3) is 22.3 Å². The molecule has 5 aromatic rings. The second kappa shape index (κ2) is 7.90. The van der Waals surface area contributed by atoms with E-state index >= 15 is 0 Å². The molecule has 0 aromatic heterocycles. The van der Waals surface area contributed by atoms with Crippen LogP contribution in [0.2, 0.25) is 0 Å². The van der Waals surface area contributed by atoms with Gasteiger partial charge in [0.05, 0.1) is 0 Å². The number of nitrogens with zero attached hydrogens (tertiary/aromatic N) is 1. The minimum absolute atomic E-state index is 0.0900. The lowest BCUT2D eigenvalue weighted by molar-refractivity contribution is 1.36. The van der Waals surface area contributed by atoms with Crippen LogP contribution >= 0.6 is 0 Å². The molecule has 6 rings (SSSR count). The third kappa shape index (κ3) is 3.04. The molecule has 5 aromatic carbocycles. The molecule has 150 valence electrons. The van der Waals surface area contributed by atoms with Crippen molar-refractivity contribution < 1.29 is 0 Å². The molecule has 0 unspecified atom stereocenters. The second-order valence-electron chi connectivity index (χ2n) is 8.17. The summed E-state index contributed by atoms with van der Waals surface area (Å²) in [7, 11) is 0. The van der Waals surface area contributed by atoms with Gasteiger partial charge in [0.15, 0.2) is 0 Å². The molecule has 0 N–H and O–H groups in total. The summed E-state index contributed by atoms with van der Waals surface area (Å²) in [6.07, 6.45) is 0. The molecule has 0 atom stereocenters. The van der Waals surface area contributed by atoms with Crippen molar-refractivity contribution in [1.82, 2.24) is 0 Å². The number of fused-ring (bicyclic) bond motifs is 3. The van der Waals surface area contributed by atoms with E-state index in [4.69, 9.17) is 0 Å². The predicted molar refractivity (Wildman–Crippen MR) is 137 cm³/mol. The molecular weight excluding hydrogens is 385 g/mol. The lowest BCUT2D eigenvalue weighted by Crippen LogP contribution is -2.57. The Hall–Kier alpha value is -4.04. The summed E-state index contributed by atoms with van der Waals surface area (Å²) < 4.78 is 0. The van der Waals surface area contributed by atoms with Gasteiger partial charge in [-0.15, -0.1) is 0 Å². The highest BCUT2D eigenvalue weighted by molar-refractivity contribution is 6.91. The zero-order chi connectivity index (χ0) is 21.3. The summed E-state index contributed by atoms with van der Waals surface area (Å²) in [6, 6.07) is 47.9. The predicted octanol–water partition coefficient (Wildman–Crippen LogP) is 6.28. The third-order valence-corrected chi connectivity index (χ3v) is 6.32. The first kappa shape index (κ1) is 18.7. The quantitative estimate of drug-likeness (QED) is 0.318. The first-order chi connectivity index (χ1) is 15.9. The molecule has 0 fully saturated rings. The minimum Gasteiger partial charge on any atom is -0.376 e. The highest BCUT2D eigenvalue weighted by Crippen LogP contribution is 2.45. The van der Waals surface area contributed by atoms with E-state index in [0.29, 0.717) is 0 Å². The molecule has 0 aliphatic carbocycles. The van der Waals surface area contributed by atoms with Crippen molar-refractivity contribution in [3.05, 3.63) is 133 Å². The third-order valence-electron chi connectivity index (χ3n) is 6.32. The fourth-order valence-corrected chi connectivity index (χ4v) is 4.95. The van der Waals surface area contributed by atoms with Crippen molar-refractivity contribution in [2.75, 3.05) is 4.81 Å². The maximum Gasteiger partial charge on any atom is 0.328 e. The highest BCUT2D eigenvalue weighted by Gasteiger charge is 2.38. The average molecular weight is 407 g/mol. The molecule has 32 heavy (non-hydrogen) atoms. The SMILES string of the molecule is c1ccc(B2c3ccccc3-c3cccc(-c4ccccc4)c3N2c2ccccc2)cc1. The van der Waals surface area contributed by atoms with Gasteiger partial charge in [0.2, 0.25) is 0 Å². The maximum absolute atomic E-state index is 2.52. The van der Waals surface area contributed by atoms with Gasteiger partial charge in [0, 0.05) is 22.5 Å². The fraction of sp³-hybridized carbons (Fsp3) is 0. The van der Waals surface area contributed by atoms with Gasteiger partial charge >= 0.3 is 6.85 Å². The molecule has 2 heteroatoms. The lowest BCUT2D eigenvalue weighted by Gasteiger charge is -2.40. The van der Waals surface area contributed by atoms with Crippen molar-refractivity contribution in [1.29, 1.82) is 0 Å². The zero-order valence-corrected chi connectivity index (χ0v) is 17.7. The van der Waals surface area contributed by atoms with Gasteiger partial charge in [-0.3, -0.25) is 0 Å². The number of rotatable bonds is 3. The molecule has 0 bridgehead atoms. The van der Waals surface area contributed by atoms with Crippen LogP contribution < -0.4 is 15.7 Å². The summed E-state index contributed by atoms with van der Waals surface area (Å²) in [5.74, 6) is 0. The Morgan fingerprint density at radius 1 is 0.438 bits per heavy atom. The van der Waals surface area contributed by atoms with Crippen LogP contribution in [0.4, 0.5) is 11.4 Å². The molecule has 0 saturated carbocycles. The van der Waals surface area contributed by atoms with E-state index in [0.717, 1.165) is 0 Å². The molecule has 0 radical (unpaired) electrons. The van der Waals surface area contributed by atoms with Crippen LogP contribution in [0, 0.1) is 0 Å². The molecule has 1 nitrogen and oxygen atoms in total. The number of hydrogen-bond acceptors (Lipinski definition) is 1. The van der Waals surface area contributed by atoms with Crippen molar-refractivity contribution in [2.45, 2.75) is 0 Å². The molecule has 1 heterocycles. The normalized spacial score (nSPS) is 12.2. The van der Waals surface area contributed by atoms with E-state index in [9.17, 15) is 0 Å². The smallest absolute Gasteiger partial charge is 0.328 e. The van der Waals surface area contributed by atoms with Crippen LogP contribution in [0.15, 0.2) is 133 Å². The molecule has 1 aliphatic rings. The maximum atomic E-state index is 2.52.